The van der Waals surface area contributed by atoms with Gasteiger partial charge in [-0.25, -0.2) is 4.79 Å². The van der Waals surface area contributed by atoms with Crippen molar-refractivity contribution in [2.45, 2.75) is 83.5 Å². The predicted octanol–water partition coefficient (Wildman–Crippen LogP) is 5.74. The lowest BCUT2D eigenvalue weighted by Gasteiger charge is -2.29. The molecule has 1 heterocycles. The minimum atomic E-state index is -5.07. The van der Waals surface area contributed by atoms with Crippen LogP contribution in [0.2, 0.25) is 0 Å². The van der Waals surface area contributed by atoms with Crippen molar-refractivity contribution in [3.63, 3.8) is 0 Å². The van der Waals surface area contributed by atoms with Crippen molar-refractivity contribution in [3.8, 4) is 11.3 Å². The zero-order chi connectivity index (χ0) is 28.3. The molecule has 0 aliphatic heterocycles. The van der Waals surface area contributed by atoms with E-state index in [0.29, 0.717) is 17.7 Å². The van der Waals surface area contributed by atoms with Crippen LogP contribution in [0.1, 0.15) is 68.1 Å². The highest BCUT2D eigenvalue weighted by atomic mass is 19.4. The molecule has 0 unspecified atom stereocenters. The van der Waals surface area contributed by atoms with Crippen LogP contribution in [-0.2, 0) is 22.3 Å². The lowest BCUT2D eigenvalue weighted by Crippen LogP contribution is -2.41. The van der Waals surface area contributed by atoms with Crippen LogP contribution in [0.4, 0.5) is 26.3 Å². The molecule has 0 bridgehead atoms. The highest BCUT2D eigenvalue weighted by Gasteiger charge is 2.42. The van der Waals surface area contributed by atoms with E-state index in [1.165, 1.54) is 12.1 Å². The van der Waals surface area contributed by atoms with Gasteiger partial charge in [-0.2, -0.15) is 26.3 Å². The predicted molar refractivity (Wildman–Crippen MR) is 124 cm³/mol. The summed E-state index contributed by atoms with van der Waals surface area (Å²) in [4.78, 5) is 26.3. The summed E-state index contributed by atoms with van der Waals surface area (Å²) in [6, 6.07) is 4.04. The molecule has 0 saturated heterocycles. The molecule has 0 atom stereocenters. The van der Waals surface area contributed by atoms with E-state index >= 15 is 0 Å². The van der Waals surface area contributed by atoms with Gasteiger partial charge in [0.15, 0.2) is 11.5 Å². The van der Waals surface area contributed by atoms with Gasteiger partial charge in [-0.1, -0.05) is 24.2 Å². The van der Waals surface area contributed by atoms with Gasteiger partial charge in [0, 0.05) is 29.8 Å². The summed E-state index contributed by atoms with van der Waals surface area (Å²) < 4.78 is 86.3. The number of rotatable bonds is 8. The molecule has 1 saturated carbocycles. The molecule has 1 fully saturated rings. The largest absolute Gasteiger partial charge is 0.490 e. The molecule has 2 aromatic rings. The summed E-state index contributed by atoms with van der Waals surface area (Å²) in [7, 11) is 0. The molecule has 1 aliphatic rings. The Morgan fingerprint density at radius 1 is 1.08 bits per heavy atom. The molecule has 3 rings (SSSR count). The maximum atomic E-state index is 13.2. The van der Waals surface area contributed by atoms with Gasteiger partial charge in [-0.05, 0) is 58.2 Å². The summed E-state index contributed by atoms with van der Waals surface area (Å²) in [5.41, 5.74) is -0.115. The first-order valence-electron chi connectivity index (χ1n) is 12.2. The molecule has 1 amide bonds. The van der Waals surface area contributed by atoms with E-state index in [0.717, 1.165) is 12.1 Å². The molecule has 210 valence electrons. The lowest BCUT2D eigenvalue weighted by atomic mass is 9.92. The summed E-state index contributed by atoms with van der Waals surface area (Å²) in [5, 5.41) is 6.73. The molecule has 7 nitrogen and oxygen atoms in total. The fourth-order valence-corrected chi connectivity index (χ4v) is 4.33. The van der Waals surface area contributed by atoms with Crippen LogP contribution in [0.3, 0.4) is 0 Å². The fourth-order valence-electron chi connectivity index (χ4n) is 4.33. The van der Waals surface area contributed by atoms with E-state index < -0.39 is 41.9 Å². The zero-order valence-corrected chi connectivity index (χ0v) is 21.1. The number of alkyl halides is 6. The number of ether oxygens (including phenoxy) is 1. The first-order valence-corrected chi connectivity index (χ1v) is 12.2. The van der Waals surface area contributed by atoms with Crippen molar-refractivity contribution in [1.82, 2.24) is 15.4 Å². The lowest BCUT2D eigenvalue weighted by molar-refractivity contribution is -0.206. The molecule has 1 aliphatic carbocycles. The summed E-state index contributed by atoms with van der Waals surface area (Å²) in [5.74, 6) is -2.64. The van der Waals surface area contributed by atoms with Crippen LogP contribution in [0.15, 0.2) is 28.8 Å². The van der Waals surface area contributed by atoms with E-state index in [-0.39, 0.29) is 49.7 Å². The molecule has 1 aromatic heterocycles. The Labute approximate surface area is 215 Å². The van der Waals surface area contributed by atoms with E-state index in [4.69, 9.17) is 4.52 Å². The minimum Gasteiger partial charge on any atom is -0.456 e. The third kappa shape index (κ3) is 7.27. The van der Waals surface area contributed by atoms with Crippen molar-refractivity contribution >= 4 is 11.9 Å². The Balaban J connectivity index is 1.78. The molecule has 1 N–H and O–H groups in total. The van der Waals surface area contributed by atoms with Crippen molar-refractivity contribution in [1.29, 1.82) is 0 Å². The van der Waals surface area contributed by atoms with Crippen LogP contribution < -0.4 is 5.32 Å². The van der Waals surface area contributed by atoms with Gasteiger partial charge < -0.3 is 14.6 Å². The molecular formula is C25H29F6N3O4. The second-order valence-electron chi connectivity index (χ2n) is 9.42. The molecule has 1 aromatic carbocycles. The molecule has 38 heavy (non-hydrogen) atoms. The van der Waals surface area contributed by atoms with Crippen LogP contribution in [0, 0.1) is 0 Å². The highest BCUT2D eigenvalue weighted by Crippen LogP contribution is 2.33. The number of nitrogens with zero attached hydrogens (tertiary/aromatic N) is 2. The van der Waals surface area contributed by atoms with Crippen LogP contribution in [0.5, 0.6) is 0 Å². The van der Waals surface area contributed by atoms with Gasteiger partial charge in [-0.3, -0.25) is 9.69 Å². The summed E-state index contributed by atoms with van der Waals surface area (Å²) >= 11 is 0. The Morgan fingerprint density at radius 2 is 1.68 bits per heavy atom. The van der Waals surface area contributed by atoms with Crippen LogP contribution in [0.25, 0.3) is 11.3 Å². The first kappa shape index (κ1) is 29.5. The number of aromatic nitrogens is 1. The Bertz CT molecular complexity index is 1100. The topological polar surface area (TPSA) is 84.7 Å². The zero-order valence-electron chi connectivity index (χ0n) is 21.1. The van der Waals surface area contributed by atoms with E-state index in [9.17, 15) is 35.9 Å². The standard InChI is InChI=1S/C25H29F6N3O4/c1-4-34(14(2)3)13-19-20(33-38-21(19)15-5-7-16(8-6-15)24(26,27)28)22(35)32-17-9-11-18(12-10-17)37-23(36)25(29,30)31/h5-8,14,17-18H,4,9-13H2,1-3H3,(H,32,35)/t17-,18-. The maximum absolute atomic E-state index is 13.2. The maximum Gasteiger partial charge on any atom is 0.490 e. The quantitative estimate of drug-likeness (QED) is 0.334. The third-order valence-corrected chi connectivity index (χ3v) is 6.49. The SMILES string of the molecule is CCN(Cc1c(C(=O)N[C@H]2CC[C@H](OC(=O)C(F)(F)F)CC2)noc1-c1ccc(C(F)(F)F)cc1)C(C)C. The Hall–Kier alpha value is -3.09. The first-order chi connectivity index (χ1) is 17.7. The number of benzene rings is 1. The van der Waals surface area contributed by atoms with Gasteiger partial charge >= 0.3 is 18.3 Å². The van der Waals surface area contributed by atoms with Crippen LogP contribution in [-0.4, -0.2) is 52.8 Å². The summed E-state index contributed by atoms with van der Waals surface area (Å²) in [6.45, 7) is 6.71. The molecule has 0 radical (unpaired) electrons. The normalized spacial score (nSPS) is 18.6. The third-order valence-electron chi connectivity index (χ3n) is 6.49. The number of amides is 1. The van der Waals surface area contributed by atoms with Crippen molar-refractivity contribution < 1.29 is 45.2 Å². The Morgan fingerprint density at radius 3 is 2.18 bits per heavy atom. The van der Waals surface area contributed by atoms with Gasteiger partial charge in [0.05, 0.1) is 5.56 Å². The summed E-state index contributed by atoms with van der Waals surface area (Å²) in [6.07, 6.45) is -9.61. The second-order valence-corrected chi connectivity index (χ2v) is 9.42. The van der Waals surface area contributed by atoms with E-state index in [1.54, 1.807) is 0 Å². The number of esters is 1. The van der Waals surface area contributed by atoms with Crippen molar-refractivity contribution in [3.05, 3.63) is 41.1 Å². The number of halogens is 6. The van der Waals surface area contributed by atoms with Gasteiger partial charge in [0.25, 0.3) is 5.91 Å². The number of hydrogen-bond donors (Lipinski definition) is 1. The highest BCUT2D eigenvalue weighted by molar-refractivity contribution is 5.95. The van der Waals surface area contributed by atoms with Crippen molar-refractivity contribution in [2.24, 2.45) is 0 Å². The smallest absolute Gasteiger partial charge is 0.456 e. The fraction of sp³-hybridized carbons (Fsp3) is 0.560. The van der Waals surface area contributed by atoms with Gasteiger partial charge in [-0.15, -0.1) is 0 Å². The minimum absolute atomic E-state index is 0.0235. The monoisotopic (exact) mass is 549 g/mol. The van der Waals surface area contributed by atoms with Gasteiger partial charge in [0.2, 0.25) is 0 Å². The molecular weight excluding hydrogens is 520 g/mol. The average molecular weight is 550 g/mol. The molecule has 0 spiro atoms. The number of carbonyl (C=O) groups excluding carboxylic acids is 2. The molecule has 13 heteroatoms. The number of nitrogens with one attached hydrogen (secondary N) is 1. The van der Waals surface area contributed by atoms with Crippen molar-refractivity contribution in [2.75, 3.05) is 6.54 Å². The number of carbonyl (C=O) groups is 2. The second kappa shape index (κ2) is 11.7. The average Bonchev–Trinajstić information content (AvgIpc) is 3.26. The Kier molecular flexibility index (Phi) is 9.11. The van der Waals surface area contributed by atoms with Gasteiger partial charge in [0.1, 0.15) is 6.10 Å². The van der Waals surface area contributed by atoms with E-state index in [2.05, 4.69) is 15.2 Å². The van der Waals surface area contributed by atoms with E-state index in [1.807, 2.05) is 25.7 Å². The van der Waals surface area contributed by atoms with Crippen LogP contribution >= 0.6 is 0 Å². The number of hydrogen-bond acceptors (Lipinski definition) is 6.